The number of aryl methyl sites for hydroxylation is 1. The van der Waals surface area contributed by atoms with Gasteiger partial charge >= 0.3 is 5.97 Å². The fraction of sp³-hybridized carbons (Fsp3) is 0.143. The molecular weight excluding hydrogens is 362 g/mol. The molecule has 6 heteroatoms. The number of phenolic OH excluding ortho intramolecular Hbond substituents is 1. The van der Waals surface area contributed by atoms with Crippen LogP contribution in [0.3, 0.4) is 0 Å². The molecule has 0 amide bonds. The molecule has 138 valence electrons. The van der Waals surface area contributed by atoms with Gasteiger partial charge in [0, 0.05) is 17.0 Å². The minimum Gasteiger partial charge on any atom is -0.504 e. The molecule has 3 aromatic rings. The summed E-state index contributed by atoms with van der Waals surface area (Å²) in [5.41, 5.74) is 3.67. The van der Waals surface area contributed by atoms with Gasteiger partial charge in [0.15, 0.2) is 11.5 Å². The van der Waals surface area contributed by atoms with Crippen LogP contribution in [-0.4, -0.2) is 23.2 Å². The minimum atomic E-state index is -0.466. The summed E-state index contributed by atoms with van der Waals surface area (Å²) in [5, 5.41) is 12.4. The molecule has 5 nitrogen and oxygen atoms in total. The van der Waals surface area contributed by atoms with Crippen molar-refractivity contribution in [3.63, 3.8) is 0 Å². The van der Waals surface area contributed by atoms with Gasteiger partial charge < -0.3 is 14.6 Å². The largest absolute Gasteiger partial charge is 0.504 e. The molecule has 0 aliphatic carbocycles. The molecule has 0 saturated carbocycles. The highest BCUT2D eigenvalue weighted by Crippen LogP contribution is 2.27. The number of hydrogen-bond acceptors (Lipinski definition) is 6. The van der Waals surface area contributed by atoms with Crippen LogP contribution in [0, 0.1) is 6.92 Å². The van der Waals surface area contributed by atoms with Crippen LogP contribution in [0.4, 0.5) is 0 Å². The highest BCUT2D eigenvalue weighted by atomic mass is 32.1. The van der Waals surface area contributed by atoms with Gasteiger partial charge in [0.2, 0.25) is 0 Å². The molecule has 1 N–H and O–H groups in total. The summed E-state index contributed by atoms with van der Waals surface area (Å²) in [7, 11) is 1.47. The van der Waals surface area contributed by atoms with E-state index in [9.17, 15) is 9.90 Å². The van der Waals surface area contributed by atoms with Gasteiger partial charge in [-0.15, -0.1) is 11.3 Å². The van der Waals surface area contributed by atoms with E-state index >= 15 is 0 Å². The summed E-state index contributed by atoms with van der Waals surface area (Å²) in [4.78, 5) is 16.4. The molecule has 0 unspecified atom stereocenters. The summed E-state index contributed by atoms with van der Waals surface area (Å²) >= 11 is 1.52. The second-order valence-electron chi connectivity index (χ2n) is 5.88. The van der Waals surface area contributed by atoms with E-state index in [0.717, 1.165) is 16.1 Å². The monoisotopic (exact) mass is 381 g/mol. The van der Waals surface area contributed by atoms with Crippen molar-refractivity contribution in [2.75, 3.05) is 7.11 Å². The normalized spacial score (nSPS) is 10.9. The van der Waals surface area contributed by atoms with Crippen LogP contribution in [0.2, 0.25) is 0 Å². The van der Waals surface area contributed by atoms with E-state index < -0.39 is 5.97 Å². The van der Waals surface area contributed by atoms with Crippen molar-refractivity contribution < 1.29 is 19.4 Å². The van der Waals surface area contributed by atoms with Gasteiger partial charge in [-0.2, -0.15) is 0 Å². The molecule has 1 aromatic heterocycles. The number of rotatable bonds is 6. The number of aromatic hydroxyl groups is 1. The zero-order valence-corrected chi connectivity index (χ0v) is 15.8. The predicted molar refractivity (Wildman–Crippen MR) is 106 cm³/mol. The summed E-state index contributed by atoms with van der Waals surface area (Å²) in [6, 6.07) is 12.9. The maximum absolute atomic E-state index is 11.9. The lowest BCUT2D eigenvalue weighted by molar-refractivity contribution is -0.139. The molecule has 0 radical (unpaired) electrons. The topological polar surface area (TPSA) is 68.7 Å². The van der Waals surface area contributed by atoms with Crippen molar-refractivity contribution in [2.24, 2.45) is 0 Å². The van der Waals surface area contributed by atoms with Gasteiger partial charge in [-0.05, 0) is 30.7 Å². The van der Waals surface area contributed by atoms with Crippen molar-refractivity contribution in [3.8, 4) is 22.1 Å². The molecule has 27 heavy (non-hydrogen) atoms. The molecule has 0 spiro atoms. The van der Waals surface area contributed by atoms with E-state index in [1.165, 1.54) is 36.2 Å². The van der Waals surface area contributed by atoms with E-state index in [0.29, 0.717) is 11.4 Å². The highest BCUT2D eigenvalue weighted by Gasteiger charge is 2.07. The second kappa shape index (κ2) is 8.51. The van der Waals surface area contributed by atoms with E-state index in [2.05, 4.69) is 4.98 Å². The Morgan fingerprint density at radius 2 is 2.00 bits per heavy atom. The molecule has 2 aromatic carbocycles. The number of methoxy groups -OCH3 is 1. The zero-order valence-electron chi connectivity index (χ0n) is 15.0. The average Bonchev–Trinajstić information content (AvgIpc) is 3.15. The fourth-order valence-electron chi connectivity index (χ4n) is 2.36. The number of aromatic nitrogens is 1. The summed E-state index contributed by atoms with van der Waals surface area (Å²) < 4.78 is 10.3. The molecule has 3 rings (SSSR count). The smallest absolute Gasteiger partial charge is 0.331 e. The quantitative estimate of drug-likeness (QED) is 0.500. The van der Waals surface area contributed by atoms with E-state index in [4.69, 9.17) is 9.47 Å². The predicted octanol–water partition coefficient (Wildman–Crippen LogP) is 4.59. The Balaban J connectivity index is 1.57. The van der Waals surface area contributed by atoms with Gasteiger partial charge in [-0.25, -0.2) is 9.78 Å². The van der Waals surface area contributed by atoms with Crippen LogP contribution >= 0.6 is 11.3 Å². The van der Waals surface area contributed by atoms with Crippen LogP contribution in [0.5, 0.6) is 11.5 Å². The Kier molecular flexibility index (Phi) is 5.88. The number of carbonyl (C=O) groups excluding carboxylic acids is 1. The maximum atomic E-state index is 11.9. The second-order valence-corrected chi connectivity index (χ2v) is 6.74. The Morgan fingerprint density at radius 3 is 2.74 bits per heavy atom. The lowest BCUT2D eigenvalue weighted by Gasteiger charge is -2.03. The highest BCUT2D eigenvalue weighted by molar-refractivity contribution is 7.13. The number of ether oxygens (including phenoxy) is 2. The summed E-state index contributed by atoms with van der Waals surface area (Å²) in [6.07, 6.45) is 2.93. The van der Waals surface area contributed by atoms with E-state index in [1.54, 1.807) is 18.2 Å². The molecule has 0 saturated heterocycles. The van der Waals surface area contributed by atoms with Gasteiger partial charge in [0.25, 0.3) is 0 Å². The fourth-order valence-corrected chi connectivity index (χ4v) is 3.17. The van der Waals surface area contributed by atoms with Crippen molar-refractivity contribution >= 4 is 23.4 Å². The van der Waals surface area contributed by atoms with Crippen LogP contribution in [-0.2, 0) is 16.1 Å². The Hall–Kier alpha value is -3.12. The van der Waals surface area contributed by atoms with E-state index in [1.807, 2.05) is 36.6 Å². The maximum Gasteiger partial charge on any atom is 0.331 e. The first-order valence-electron chi connectivity index (χ1n) is 8.28. The first-order valence-corrected chi connectivity index (χ1v) is 9.16. The molecule has 0 atom stereocenters. The van der Waals surface area contributed by atoms with E-state index in [-0.39, 0.29) is 12.4 Å². The van der Waals surface area contributed by atoms with Crippen molar-refractivity contribution in [1.29, 1.82) is 0 Å². The molecule has 0 fully saturated rings. The number of hydrogen-bond donors (Lipinski definition) is 1. The molecule has 0 aliphatic heterocycles. The lowest BCUT2D eigenvalue weighted by Crippen LogP contribution is -2.01. The average molecular weight is 381 g/mol. The molecular formula is C21H19NO4S. The Labute approximate surface area is 161 Å². The SMILES string of the molecule is COc1cc(/C=C/C(=O)OCc2csc(-c3ccc(C)cc3)n2)ccc1O. The third-order valence-electron chi connectivity index (χ3n) is 3.83. The Morgan fingerprint density at radius 1 is 1.22 bits per heavy atom. The Bertz CT molecular complexity index is 961. The standard InChI is InChI=1S/C21H19NO4S/c1-14-3-7-16(8-4-14)21-22-17(13-27-21)12-26-20(24)10-6-15-5-9-18(23)19(11-15)25-2/h3-11,13,23H,12H2,1-2H3/b10-6+. The third kappa shape index (κ3) is 4.95. The third-order valence-corrected chi connectivity index (χ3v) is 4.77. The summed E-state index contributed by atoms with van der Waals surface area (Å²) in [5.74, 6) is -0.0753. The first-order chi connectivity index (χ1) is 13.0. The molecule has 0 aliphatic rings. The first kappa shape index (κ1) is 18.7. The van der Waals surface area contributed by atoms with Crippen LogP contribution in [0.1, 0.15) is 16.8 Å². The minimum absolute atomic E-state index is 0.0464. The van der Waals surface area contributed by atoms with Gasteiger partial charge in [-0.3, -0.25) is 0 Å². The van der Waals surface area contributed by atoms with Crippen molar-refractivity contribution in [1.82, 2.24) is 4.98 Å². The van der Waals surface area contributed by atoms with Crippen LogP contribution in [0.25, 0.3) is 16.6 Å². The number of phenols is 1. The number of nitrogens with zero attached hydrogens (tertiary/aromatic N) is 1. The summed E-state index contributed by atoms with van der Waals surface area (Å²) in [6.45, 7) is 2.16. The number of benzene rings is 2. The van der Waals surface area contributed by atoms with Crippen molar-refractivity contribution in [2.45, 2.75) is 13.5 Å². The molecule has 0 bridgehead atoms. The van der Waals surface area contributed by atoms with Gasteiger partial charge in [0.1, 0.15) is 11.6 Å². The number of esters is 1. The number of carbonyl (C=O) groups is 1. The zero-order chi connectivity index (χ0) is 19.2. The van der Waals surface area contributed by atoms with Crippen LogP contribution < -0.4 is 4.74 Å². The van der Waals surface area contributed by atoms with Gasteiger partial charge in [-0.1, -0.05) is 35.9 Å². The molecule has 1 heterocycles. The van der Waals surface area contributed by atoms with Gasteiger partial charge in [0.05, 0.1) is 12.8 Å². The van der Waals surface area contributed by atoms with Crippen LogP contribution in [0.15, 0.2) is 53.9 Å². The van der Waals surface area contributed by atoms with Crippen molar-refractivity contribution in [3.05, 3.63) is 70.7 Å². The lowest BCUT2D eigenvalue weighted by atomic mass is 10.2. The number of thiazole rings is 1.